The Balaban J connectivity index is 1.77. The summed E-state index contributed by atoms with van der Waals surface area (Å²) in [7, 11) is 0. The van der Waals surface area contributed by atoms with Crippen molar-refractivity contribution in [2.45, 2.75) is 33.9 Å². The fourth-order valence-electron chi connectivity index (χ4n) is 2.83. The second kappa shape index (κ2) is 8.68. The molecule has 7 heteroatoms. The number of aryl methyl sites for hydroxylation is 3. The van der Waals surface area contributed by atoms with E-state index in [0.29, 0.717) is 23.5 Å². The Labute approximate surface area is 168 Å². The van der Waals surface area contributed by atoms with Gasteiger partial charge in [-0.3, -0.25) is 14.2 Å². The molecule has 0 aliphatic rings. The third-order valence-electron chi connectivity index (χ3n) is 4.46. The first-order valence-corrected chi connectivity index (χ1v) is 9.26. The lowest BCUT2D eigenvalue weighted by atomic mass is 10.1. The van der Waals surface area contributed by atoms with Crippen molar-refractivity contribution in [1.82, 2.24) is 14.9 Å². The number of benzene rings is 2. The van der Waals surface area contributed by atoms with Gasteiger partial charge in [0.25, 0.3) is 5.56 Å². The Kier molecular flexibility index (Phi) is 6.07. The molecule has 0 saturated heterocycles. The van der Waals surface area contributed by atoms with Gasteiger partial charge >= 0.3 is 0 Å². The van der Waals surface area contributed by atoms with Gasteiger partial charge in [0.05, 0.1) is 0 Å². The van der Waals surface area contributed by atoms with Gasteiger partial charge < -0.3 is 10.6 Å². The van der Waals surface area contributed by atoms with E-state index in [1.807, 2.05) is 31.2 Å². The quantitative estimate of drug-likeness (QED) is 0.672. The van der Waals surface area contributed by atoms with Crippen LogP contribution in [0.15, 0.2) is 53.3 Å². The van der Waals surface area contributed by atoms with Crippen LogP contribution in [0.25, 0.3) is 0 Å². The predicted octanol–water partition coefficient (Wildman–Crippen LogP) is 3.37. The number of amides is 1. The number of rotatable bonds is 6. The van der Waals surface area contributed by atoms with Crippen molar-refractivity contribution in [2.24, 2.45) is 0 Å². The minimum Gasteiger partial charge on any atom is -0.350 e. The highest BCUT2D eigenvalue weighted by atomic mass is 19.1. The van der Waals surface area contributed by atoms with Crippen molar-refractivity contribution < 1.29 is 9.18 Å². The summed E-state index contributed by atoms with van der Waals surface area (Å²) in [6.07, 6.45) is 0. The molecule has 29 heavy (non-hydrogen) atoms. The van der Waals surface area contributed by atoms with Crippen molar-refractivity contribution in [1.29, 1.82) is 0 Å². The number of hydrogen-bond donors (Lipinski definition) is 2. The van der Waals surface area contributed by atoms with Crippen molar-refractivity contribution >= 4 is 17.5 Å². The lowest BCUT2D eigenvalue weighted by Crippen LogP contribution is -2.33. The van der Waals surface area contributed by atoms with Gasteiger partial charge in [0, 0.05) is 24.0 Å². The number of anilines is 2. The average molecular weight is 394 g/mol. The monoisotopic (exact) mass is 394 g/mol. The summed E-state index contributed by atoms with van der Waals surface area (Å²) in [5.74, 6) is -0.399. The lowest BCUT2D eigenvalue weighted by molar-refractivity contribution is -0.121. The number of halogens is 1. The zero-order chi connectivity index (χ0) is 21.0. The second-order valence-corrected chi connectivity index (χ2v) is 7.00. The van der Waals surface area contributed by atoms with Gasteiger partial charge in [-0.25, -0.2) is 9.37 Å². The van der Waals surface area contributed by atoms with Crippen LogP contribution in [0, 0.1) is 26.6 Å². The molecule has 1 aromatic heterocycles. The molecule has 1 heterocycles. The van der Waals surface area contributed by atoms with Crippen molar-refractivity contribution in [3.8, 4) is 0 Å². The van der Waals surface area contributed by atoms with E-state index in [1.54, 1.807) is 26.0 Å². The summed E-state index contributed by atoms with van der Waals surface area (Å²) in [5, 5.41) is 5.83. The summed E-state index contributed by atoms with van der Waals surface area (Å²) in [6, 6.07) is 13.7. The van der Waals surface area contributed by atoms with Crippen LogP contribution >= 0.6 is 0 Å². The molecule has 0 unspecified atom stereocenters. The lowest BCUT2D eigenvalue weighted by Gasteiger charge is -2.15. The first kappa shape index (κ1) is 20.3. The fraction of sp³-hybridized carbons (Fsp3) is 0.227. The molecule has 3 rings (SSSR count). The van der Waals surface area contributed by atoms with E-state index in [1.165, 1.54) is 16.7 Å². The van der Waals surface area contributed by atoms with Crippen LogP contribution in [0.5, 0.6) is 0 Å². The van der Waals surface area contributed by atoms with Gasteiger partial charge in [0.1, 0.15) is 12.4 Å². The maximum absolute atomic E-state index is 13.5. The van der Waals surface area contributed by atoms with Gasteiger partial charge in [-0.2, -0.15) is 0 Å². The van der Waals surface area contributed by atoms with Crippen LogP contribution in [0.4, 0.5) is 16.0 Å². The maximum atomic E-state index is 13.5. The Hall–Kier alpha value is -3.48. The smallest absolute Gasteiger partial charge is 0.255 e. The van der Waals surface area contributed by atoms with E-state index >= 15 is 0 Å². The van der Waals surface area contributed by atoms with Gasteiger partial charge in [0.2, 0.25) is 11.9 Å². The van der Waals surface area contributed by atoms with E-state index in [9.17, 15) is 14.0 Å². The number of hydrogen-bond acceptors (Lipinski definition) is 4. The molecule has 0 fully saturated rings. The second-order valence-electron chi connectivity index (χ2n) is 7.00. The Morgan fingerprint density at radius 2 is 1.79 bits per heavy atom. The van der Waals surface area contributed by atoms with E-state index in [-0.39, 0.29) is 29.8 Å². The first-order chi connectivity index (χ1) is 13.8. The minimum absolute atomic E-state index is 0.180. The largest absolute Gasteiger partial charge is 0.350 e. The summed E-state index contributed by atoms with van der Waals surface area (Å²) in [6.45, 7) is 5.53. The minimum atomic E-state index is -0.343. The third kappa shape index (κ3) is 5.28. The molecule has 0 radical (unpaired) electrons. The van der Waals surface area contributed by atoms with E-state index in [0.717, 1.165) is 11.1 Å². The molecule has 0 spiro atoms. The average Bonchev–Trinajstić information content (AvgIpc) is 2.67. The van der Waals surface area contributed by atoms with Crippen LogP contribution in [0.2, 0.25) is 0 Å². The molecule has 0 aliphatic carbocycles. The van der Waals surface area contributed by atoms with Crippen LogP contribution in [0.3, 0.4) is 0 Å². The molecular weight excluding hydrogens is 371 g/mol. The number of nitrogens with one attached hydrogen (secondary N) is 2. The van der Waals surface area contributed by atoms with Crippen molar-refractivity contribution in [3.63, 3.8) is 0 Å². The zero-order valence-corrected chi connectivity index (χ0v) is 16.6. The Bertz CT molecular complexity index is 1090. The molecular formula is C22H23FN4O2. The highest BCUT2D eigenvalue weighted by Gasteiger charge is 2.12. The highest BCUT2D eigenvalue weighted by Crippen LogP contribution is 2.17. The maximum Gasteiger partial charge on any atom is 0.255 e. The van der Waals surface area contributed by atoms with Gasteiger partial charge in [-0.05, 0) is 50.1 Å². The van der Waals surface area contributed by atoms with Crippen LogP contribution < -0.4 is 16.2 Å². The first-order valence-electron chi connectivity index (χ1n) is 9.26. The SMILES string of the molecule is Cc1ccc(CNC(=O)Cn2c(Nc3ccc(F)c(C)c3)nc(C)cc2=O)cc1. The number of aromatic nitrogens is 2. The van der Waals surface area contributed by atoms with Crippen LogP contribution in [-0.2, 0) is 17.9 Å². The normalized spacial score (nSPS) is 10.6. The number of carbonyl (C=O) groups excluding carboxylic acids is 1. The van der Waals surface area contributed by atoms with Gasteiger partial charge in [-0.15, -0.1) is 0 Å². The number of nitrogens with zero attached hydrogens (tertiary/aromatic N) is 2. The molecule has 2 N–H and O–H groups in total. The number of carbonyl (C=O) groups is 1. The Morgan fingerprint density at radius 3 is 2.48 bits per heavy atom. The molecule has 0 bridgehead atoms. The van der Waals surface area contributed by atoms with Crippen molar-refractivity contribution in [2.75, 3.05) is 5.32 Å². The molecule has 0 saturated carbocycles. The summed E-state index contributed by atoms with van der Waals surface area (Å²) < 4.78 is 14.8. The van der Waals surface area contributed by atoms with Gasteiger partial charge in [-0.1, -0.05) is 29.8 Å². The molecule has 3 aromatic rings. The molecule has 6 nitrogen and oxygen atoms in total. The standard InChI is InChI=1S/C22H23FN4O2/c1-14-4-6-17(7-5-14)12-24-20(28)13-27-21(29)11-16(3)25-22(27)26-18-8-9-19(23)15(2)10-18/h4-11H,12-13H2,1-3H3,(H,24,28)(H,25,26). The predicted molar refractivity (Wildman–Crippen MR) is 111 cm³/mol. The Morgan fingerprint density at radius 1 is 1.07 bits per heavy atom. The molecule has 1 amide bonds. The fourth-order valence-corrected chi connectivity index (χ4v) is 2.83. The van der Waals surface area contributed by atoms with Crippen molar-refractivity contribution in [3.05, 3.63) is 87.1 Å². The highest BCUT2D eigenvalue weighted by molar-refractivity contribution is 5.76. The molecule has 150 valence electrons. The topological polar surface area (TPSA) is 76.0 Å². The van der Waals surface area contributed by atoms with Crippen LogP contribution in [0.1, 0.15) is 22.4 Å². The van der Waals surface area contributed by atoms with Gasteiger partial charge in [0.15, 0.2) is 0 Å². The van der Waals surface area contributed by atoms with E-state index in [4.69, 9.17) is 0 Å². The van der Waals surface area contributed by atoms with E-state index in [2.05, 4.69) is 15.6 Å². The van der Waals surface area contributed by atoms with Crippen LogP contribution in [-0.4, -0.2) is 15.5 Å². The molecule has 0 aliphatic heterocycles. The zero-order valence-electron chi connectivity index (χ0n) is 16.6. The third-order valence-corrected chi connectivity index (χ3v) is 4.46. The summed E-state index contributed by atoms with van der Waals surface area (Å²) in [4.78, 5) is 29.2. The van der Waals surface area contributed by atoms with E-state index < -0.39 is 0 Å². The summed E-state index contributed by atoms with van der Waals surface area (Å²) in [5.41, 5.74) is 3.34. The molecule has 0 atom stereocenters. The molecule has 2 aromatic carbocycles. The summed E-state index contributed by atoms with van der Waals surface area (Å²) >= 11 is 0.